The summed E-state index contributed by atoms with van der Waals surface area (Å²) >= 11 is 0. The predicted octanol–water partition coefficient (Wildman–Crippen LogP) is 2.05. The van der Waals surface area contributed by atoms with Crippen molar-refractivity contribution in [2.45, 2.75) is 50.9 Å². The van der Waals surface area contributed by atoms with E-state index in [1.165, 1.54) is 0 Å². The molecule has 0 rings (SSSR count). The molecule has 0 saturated carbocycles. The van der Waals surface area contributed by atoms with Gasteiger partial charge in [-0.15, -0.1) is 6.42 Å². The summed E-state index contributed by atoms with van der Waals surface area (Å²) in [6.45, 7) is 3.83. The monoisotopic (exact) mass is 236 g/mol. The van der Waals surface area contributed by atoms with Gasteiger partial charge in [-0.1, -0.05) is 5.92 Å². The summed E-state index contributed by atoms with van der Waals surface area (Å²) < 4.78 is 35.9. The molecule has 94 valence electrons. The first-order valence-corrected chi connectivity index (χ1v) is 5.23. The first-order chi connectivity index (χ1) is 7.22. The Morgan fingerprint density at radius 3 is 2.31 bits per heavy atom. The minimum atomic E-state index is -4.10. The Kier molecular flexibility index (Phi) is 5.84. The number of terminal acetylenes is 1. The van der Waals surface area contributed by atoms with Crippen LogP contribution in [0.1, 0.15) is 33.1 Å². The van der Waals surface area contributed by atoms with Gasteiger partial charge in [-0.3, -0.25) is 5.32 Å². The van der Waals surface area contributed by atoms with Crippen molar-refractivity contribution < 1.29 is 13.2 Å². The smallest absolute Gasteiger partial charge is 0.329 e. The summed E-state index contributed by atoms with van der Waals surface area (Å²) in [6, 6.07) is -0.195. The predicted molar refractivity (Wildman–Crippen MR) is 58.8 cm³/mol. The van der Waals surface area contributed by atoms with E-state index in [9.17, 15) is 13.2 Å². The second-order valence-electron chi connectivity index (χ2n) is 4.27. The van der Waals surface area contributed by atoms with E-state index in [2.05, 4.69) is 11.2 Å². The highest BCUT2D eigenvalue weighted by atomic mass is 19.4. The maximum atomic E-state index is 12.0. The van der Waals surface area contributed by atoms with Gasteiger partial charge < -0.3 is 5.73 Å². The first-order valence-electron chi connectivity index (χ1n) is 5.23. The van der Waals surface area contributed by atoms with E-state index in [1.807, 2.05) is 0 Å². The van der Waals surface area contributed by atoms with Crippen LogP contribution in [0.3, 0.4) is 0 Å². The van der Waals surface area contributed by atoms with E-state index in [4.69, 9.17) is 12.2 Å². The lowest BCUT2D eigenvalue weighted by atomic mass is 9.94. The largest absolute Gasteiger partial charge is 0.389 e. The lowest BCUT2D eigenvalue weighted by molar-refractivity contribution is -0.136. The van der Waals surface area contributed by atoms with Crippen molar-refractivity contribution in [1.82, 2.24) is 5.32 Å². The van der Waals surface area contributed by atoms with E-state index in [1.54, 1.807) is 13.8 Å². The van der Waals surface area contributed by atoms with Crippen LogP contribution in [0.2, 0.25) is 0 Å². The van der Waals surface area contributed by atoms with Gasteiger partial charge in [0.2, 0.25) is 0 Å². The molecule has 0 spiro atoms. The number of hydrogen-bond donors (Lipinski definition) is 2. The van der Waals surface area contributed by atoms with E-state index < -0.39 is 18.1 Å². The van der Waals surface area contributed by atoms with Crippen LogP contribution in [0.5, 0.6) is 0 Å². The van der Waals surface area contributed by atoms with Gasteiger partial charge in [0.05, 0.1) is 6.04 Å². The van der Waals surface area contributed by atoms with Crippen molar-refractivity contribution in [2.75, 3.05) is 6.54 Å². The Morgan fingerprint density at radius 1 is 1.38 bits per heavy atom. The van der Waals surface area contributed by atoms with Gasteiger partial charge in [0.15, 0.2) is 0 Å². The molecule has 0 saturated heterocycles. The zero-order valence-electron chi connectivity index (χ0n) is 9.69. The number of nitrogens with two attached hydrogens (primary N) is 1. The molecule has 3 N–H and O–H groups in total. The Labute approximate surface area is 94.8 Å². The van der Waals surface area contributed by atoms with Gasteiger partial charge in [0, 0.05) is 18.5 Å². The standard InChI is InChI=1S/C11H19F3N2/c1-4-9(2)16-10(3,8-15)6-5-7-11(12,13)14/h1,9,16H,5-8,15H2,2-3H3. The summed E-state index contributed by atoms with van der Waals surface area (Å²) in [5.74, 6) is 2.47. The van der Waals surface area contributed by atoms with E-state index in [-0.39, 0.29) is 19.0 Å². The molecule has 5 heteroatoms. The average Bonchev–Trinajstić information content (AvgIpc) is 2.15. The second-order valence-corrected chi connectivity index (χ2v) is 4.27. The molecule has 0 aromatic heterocycles. The highest BCUT2D eigenvalue weighted by Crippen LogP contribution is 2.24. The molecule has 0 aliphatic rings. The van der Waals surface area contributed by atoms with Gasteiger partial charge in [0.1, 0.15) is 0 Å². The number of alkyl halides is 3. The molecule has 2 unspecified atom stereocenters. The zero-order chi connectivity index (χ0) is 12.8. The van der Waals surface area contributed by atoms with Gasteiger partial charge in [-0.05, 0) is 26.7 Å². The Balaban J connectivity index is 4.13. The summed E-state index contributed by atoms with van der Waals surface area (Å²) in [5, 5.41) is 3.05. The molecule has 2 atom stereocenters. The van der Waals surface area contributed by atoms with Crippen molar-refractivity contribution in [3.05, 3.63) is 0 Å². The maximum absolute atomic E-state index is 12.0. The number of halogens is 3. The molecule has 0 aromatic rings. The molecule has 0 bridgehead atoms. The summed E-state index contributed by atoms with van der Waals surface area (Å²) in [5.41, 5.74) is 5.02. The topological polar surface area (TPSA) is 38.0 Å². The van der Waals surface area contributed by atoms with Crippen LogP contribution in [-0.2, 0) is 0 Å². The third-order valence-electron chi connectivity index (χ3n) is 2.45. The molecule has 2 nitrogen and oxygen atoms in total. The zero-order valence-corrected chi connectivity index (χ0v) is 9.69. The molecule has 0 fully saturated rings. The number of hydrogen-bond acceptors (Lipinski definition) is 2. The highest BCUT2D eigenvalue weighted by molar-refractivity contribution is 5.00. The maximum Gasteiger partial charge on any atom is 0.389 e. The van der Waals surface area contributed by atoms with Crippen molar-refractivity contribution >= 4 is 0 Å². The van der Waals surface area contributed by atoms with E-state index >= 15 is 0 Å². The van der Waals surface area contributed by atoms with Crippen molar-refractivity contribution in [2.24, 2.45) is 5.73 Å². The third kappa shape index (κ3) is 6.70. The summed E-state index contributed by atoms with van der Waals surface area (Å²) in [6.07, 6.45) is 0.725. The minimum Gasteiger partial charge on any atom is -0.329 e. The number of nitrogens with one attached hydrogen (secondary N) is 1. The number of rotatable bonds is 6. The van der Waals surface area contributed by atoms with Gasteiger partial charge in [-0.25, -0.2) is 0 Å². The summed E-state index contributed by atoms with van der Waals surface area (Å²) in [7, 11) is 0. The molecular formula is C11H19F3N2. The molecular weight excluding hydrogens is 217 g/mol. The fourth-order valence-corrected chi connectivity index (χ4v) is 1.48. The lowest BCUT2D eigenvalue weighted by Gasteiger charge is -2.31. The van der Waals surface area contributed by atoms with Crippen molar-refractivity contribution in [3.8, 4) is 12.3 Å². The van der Waals surface area contributed by atoms with Crippen LogP contribution in [0, 0.1) is 12.3 Å². The average molecular weight is 236 g/mol. The molecule has 0 aliphatic heterocycles. The van der Waals surface area contributed by atoms with Crippen LogP contribution in [0.4, 0.5) is 13.2 Å². The quantitative estimate of drug-likeness (QED) is 0.693. The Morgan fingerprint density at radius 2 is 1.94 bits per heavy atom. The van der Waals surface area contributed by atoms with Crippen molar-refractivity contribution in [3.63, 3.8) is 0 Å². The molecule has 0 amide bonds. The van der Waals surface area contributed by atoms with Crippen LogP contribution in [-0.4, -0.2) is 24.3 Å². The SMILES string of the molecule is C#CC(C)NC(C)(CN)CCCC(F)(F)F. The fourth-order valence-electron chi connectivity index (χ4n) is 1.48. The van der Waals surface area contributed by atoms with Gasteiger partial charge in [-0.2, -0.15) is 13.2 Å². The van der Waals surface area contributed by atoms with Crippen LogP contribution >= 0.6 is 0 Å². The Hall–Kier alpha value is -0.730. The Bertz CT molecular complexity index is 245. The fraction of sp³-hybridized carbons (Fsp3) is 0.818. The first kappa shape index (κ1) is 15.3. The van der Waals surface area contributed by atoms with Gasteiger partial charge in [0.25, 0.3) is 0 Å². The molecule has 0 aromatic carbocycles. The van der Waals surface area contributed by atoms with Crippen LogP contribution in [0.25, 0.3) is 0 Å². The van der Waals surface area contributed by atoms with Gasteiger partial charge >= 0.3 is 6.18 Å². The lowest BCUT2D eigenvalue weighted by Crippen LogP contribution is -2.52. The molecule has 0 aliphatic carbocycles. The third-order valence-corrected chi connectivity index (χ3v) is 2.45. The summed E-state index contributed by atoms with van der Waals surface area (Å²) in [4.78, 5) is 0. The van der Waals surface area contributed by atoms with Crippen LogP contribution in [0.15, 0.2) is 0 Å². The molecule has 0 radical (unpaired) electrons. The second kappa shape index (κ2) is 6.12. The van der Waals surface area contributed by atoms with E-state index in [0.717, 1.165) is 0 Å². The minimum absolute atomic E-state index is 0.0570. The normalized spacial score (nSPS) is 17.6. The highest BCUT2D eigenvalue weighted by Gasteiger charge is 2.29. The molecule has 0 heterocycles. The van der Waals surface area contributed by atoms with E-state index in [0.29, 0.717) is 6.42 Å². The van der Waals surface area contributed by atoms with Crippen molar-refractivity contribution in [1.29, 1.82) is 0 Å². The van der Waals surface area contributed by atoms with Crippen LogP contribution < -0.4 is 11.1 Å². The molecule has 16 heavy (non-hydrogen) atoms.